The summed E-state index contributed by atoms with van der Waals surface area (Å²) in [5.74, 6) is -0.464. The van der Waals surface area contributed by atoms with Crippen molar-refractivity contribution in [1.29, 1.82) is 0 Å². The number of fused-ring (bicyclic) bond motifs is 1. The van der Waals surface area contributed by atoms with Crippen LogP contribution in [0.3, 0.4) is 0 Å². The van der Waals surface area contributed by atoms with Crippen LogP contribution in [-0.2, 0) is 27.8 Å². The van der Waals surface area contributed by atoms with Crippen LogP contribution in [0.25, 0.3) is 11.0 Å². The lowest BCUT2D eigenvalue weighted by molar-refractivity contribution is -0.384. The van der Waals surface area contributed by atoms with Crippen LogP contribution in [0.4, 0.5) is 5.69 Å². The fourth-order valence-electron chi connectivity index (χ4n) is 3.49. The molecule has 34 heavy (non-hydrogen) atoms. The second kappa shape index (κ2) is 9.27. The van der Waals surface area contributed by atoms with Crippen LogP contribution in [0.15, 0.2) is 82.6 Å². The standard InChI is InChI=1S/C22H19N5O6S/c28-21(24-14-12-16-5-3-4-13-23-16)15-25-19-6-1-2-7-20(19)26(22(25)29)34(32,33)18-10-8-17(9-11-18)27(30)31/h1-11,13H,12,14-15H2,(H,24,28). The number of hydrogen-bond donors (Lipinski definition) is 1. The zero-order chi connectivity index (χ0) is 24.3. The second-order valence-electron chi connectivity index (χ2n) is 7.30. The zero-order valence-corrected chi connectivity index (χ0v) is 18.5. The van der Waals surface area contributed by atoms with E-state index in [-0.39, 0.29) is 28.2 Å². The third-order valence-corrected chi connectivity index (χ3v) is 6.81. The van der Waals surface area contributed by atoms with Crippen molar-refractivity contribution in [2.45, 2.75) is 17.9 Å². The van der Waals surface area contributed by atoms with Gasteiger partial charge in [0.1, 0.15) is 6.54 Å². The molecule has 0 aliphatic heterocycles. The van der Waals surface area contributed by atoms with Crippen LogP contribution in [0.2, 0.25) is 0 Å². The summed E-state index contributed by atoms with van der Waals surface area (Å²) in [5.41, 5.74) is -0.0497. The van der Waals surface area contributed by atoms with Crippen molar-refractivity contribution < 1.29 is 18.1 Å². The number of nitrogens with one attached hydrogen (secondary N) is 1. The Morgan fingerprint density at radius 2 is 1.68 bits per heavy atom. The molecule has 0 radical (unpaired) electrons. The van der Waals surface area contributed by atoms with Crippen LogP contribution in [-0.4, -0.2) is 39.3 Å². The predicted molar refractivity (Wildman–Crippen MR) is 123 cm³/mol. The maximum atomic E-state index is 13.3. The van der Waals surface area contributed by atoms with E-state index >= 15 is 0 Å². The van der Waals surface area contributed by atoms with Crippen LogP contribution < -0.4 is 11.0 Å². The lowest BCUT2D eigenvalue weighted by Gasteiger charge is -2.06. The first-order valence-electron chi connectivity index (χ1n) is 10.2. The first-order valence-corrected chi connectivity index (χ1v) is 11.6. The molecule has 12 heteroatoms. The van der Waals surface area contributed by atoms with Crippen LogP contribution in [0.1, 0.15) is 5.69 Å². The highest BCUT2D eigenvalue weighted by atomic mass is 32.2. The van der Waals surface area contributed by atoms with E-state index in [2.05, 4.69) is 10.3 Å². The number of imidazole rings is 1. The maximum absolute atomic E-state index is 13.3. The van der Waals surface area contributed by atoms with Crippen LogP contribution in [0, 0.1) is 10.1 Å². The molecule has 4 rings (SSSR count). The molecule has 0 aliphatic rings. The molecule has 0 unspecified atom stereocenters. The number of benzene rings is 2. The summed E-state index contributed by atoms with van der Waals surface area (Å²) in [6, 6.07) is 15.9. The Balaban J connectivity index is 1.63. The number of carbonyl (C=O) groups excluding carboxylic acids is 1. The summed E-state index contributed by atoms with van der Waals surface area (Å²) >= 11 is 0. The van der Waals surface area contributed by atoms with Crippen molar-refractivity contribution in [3.05, 3.63) is 99.2 Å². The first-order chi connectivity index (χ1) is 16.3. The van der Waals surface area contributed by atoms with Gasteiger partial charge < -0.3 is 5.32 Å². The molecule has 0 spiro atoms. The number of hydrogen-bond acceptors (Lipinski definition) is 7. The van der Waals surface area contributed by atoms with Gasteiger partial charge in [0.15, 0.2) is 0 Å². The molecule has 0 fully saturated rings. The minimum atomic E-state index is -4.39. The molecular formula is C22H19N5O6S. The van der Waals surface area contributed by atoms with Gasteiger partial charge >= 0.3 is 5.69 Å². The second-order valence-corrected chi connectivity index (χ2v) is 9.09. The van der Waals surface area contributed by atoms with E-state index in [0.717, 1.165) is 34.5 Å². The molecule has 1 amide bonds. The minimum Gasteiger partial charge on any atom is -0.354 e. The average Bonchev–Trinajstić information content (AvgIpc) is 3.11. The fourth-order valence-corrected chi connectivity index (χ4v) is 4.89. The highest BCUT2D eigenvalue weighted by Crippen LogP contribution is 2.21. The molecule has 0 bridgehead atoms. The van der Waals surface area contributed by atoms with Crippen molar-refractivity contribution in [2.24, 2.45) is 0 Å². The van der Waals surface area contributed by atoms with Crippen molar-refractivity contribution in [2.75, 3.05) is 6.54 Å². The van der Waals surface area contributed by atoms with E-state index in [1.54, 1.807) is 30.5 Å². The third kappa shape index (κ3) is 4.43. The van der Waals surface area contributed by atoms with Gasteiger partial charge in [-0.15, -0.1) is 0 Å². The van der Waals surface area contributed by atoms with Gasteiger partial charge in [0.2, 0.25) is 5.91 Å². The zero-order valence-electron chi connectivity index (χ0n) is 17.7. The molecule has 11 nitrogen and oxygen atoms in total. The van der Waals surface area contributed by atoms with E-state index < -0.39 is 26.5 Å². The summed E-state index contributed by atoms with van der Waals surface area (Å²) in [5, 5.41) is 13.6. The highest BCUT2D eigenvalue weighted by Gasteiger charge is 2.26. The molecule has 0 saturated carbocycles. The number of nitro benzene ring substituents is 1. The van der Waals surface area contributed by atoms with Gasteiger partial charge in [-0.1, -0.05) is 18.2 Å². The van der Waals surface area contributed by atoms with Gasteiger partial charge in [-0.25, -0.2) is 13.2 Å². The monoisotopic (exact) mass is 481 g/mol. The van der Waals surface area contributed by atoms with Gasteiger partial charge in [0.25, 0.3) is 15.7 Å². The quantitative estimate of drug-likeness (QED) is 0.298. The third-order valence-electron chi connectivity index (χ3n) is 5.11. The normalized spacial score (nSPS) is 11.4. The smallest absolute Gasteiger partial charge is 0.343 e. The SMILES string of the molecule is O=C(Cn1c(=O)n(S(=O)(=O)c2ccc([N+](=O)[O-])cc2)c2ccccc21)NCCc1ccccn1. The highest BCUT2D eigenvalue weighted by molar-refractivity contribution is 7.90. The van der Waals surface area contributed by atoms with Gasteiger partial charge in [0.05, 0.1) is 20.9 Å². The van der Waals surface area contributed by atoms with Crippen molar-refractivity contribution in [3.8, 4) is 0 Å². The van der Waals surface area contributed by atoms with Crippen molar-refractivity contribution in [1.82, 2.24) is 18.8 Å². The Hall–Kier alpha value is -4.32. The number of para-hydroxylation sites is 2. The summed E-state index contributed by atoms with van der Waals surface area (Å²) in [6.07, 6.45) is 2.15. The van der Waals surface area contributed by atoms with Crippen molar-refractivity contribution >= 4 is 32.7 Å². The molecular weight excluding hydrogens is 462 g/mol. The molecule has 1 N–H and O–H groups in total. The molecule has 0 saturated heterocycles. The average molecular weight is 481 g/mol. The number of aromatic nitrogens is 3. The van der Waals surface area contributed by atoms with E-state index in [9.17, 15) is 28.1 Å². The number of non-ortho nitro benzene ring substituents is 1. The Bertz CT molecular complexity index is 1530. The van der Waals surface area contributed by atoms with Gasteiger partial charge in [-0.3, -0.25) is 24.5 Å². The van der Waals surface area contributed by atoms with Crippen LogP contribution in [0.5, 0.6) is 0 Å². The summed E-state index contributed by atoms with van der Waals surface area (Å²) in [6.45, 7) is -0.0886. The van der Waals surface area contributed by atoms with Crippen LogP contribution >= 0.6 is 0 Å². The molecule has 2 aromatic carbocycles. The van der Waals surface area contributed by atoms with Gasteiger partial charge in [-0.2, -0.15) is 3.97 Å². The number of nitro groups is 1. The lowest BCUT2D eigenvalue weighted by atomic mass is 10.3. The summed E-state index contributed by atoms with van der Waals surface area (Å²) < 4.78 is 28.2. The predicted octanol–water partition coefficient (Wildman–Crippen LogP) is 1.70. The molecule has 4 aromatic rings. The summed E-state index contributed by atoms with van der Waals surface area (Å²) in [4.78, 5) is 39.8. The Kier molecular flexibility index (Phi) is 6.23. The first kappa shape index (κ1) is 22.9. The number of amides is 1. The molecule has 2 aromatic heterocycles. The number of nitrogens with zero attached hydrogens (tertiary/aromatic N) is 4. The number of carbonyl (C=O) groups is 1. The molecule has 0 atom stereocenters. The van der Waals surface area contributed by atoms with Gasteiger partial charge in [-0.05, 0) is 36.4 Å². The maximum Gasteiger partial charge on any atom is 0.343 e. The van der Waals surface area contributed by atoms with E-state index in [1.165, 1.54) is 6.07 Å². The van der Waals surface area contributed by atoms with E-state index in [1.807, 2.05) is 12.1 Å². The number of pyridine rings is 1. The van der Waals surface area contributed by atoms with Gasteiger partial charge in [0, 0.05) is 37.0 Å². The topological polar surface area (TPSA) is 146 Å². The number of rotatable bonds is 8. The lowest BCUT2D eigenvalue weighted by Crippen LogP contribution is -2.35. The largest absolute Gasteiger partial charge is 0.354 e. The Labute approximate surface area is 193 Å². The Morgan fingerprint density at radius 1 is 1.00 bits per heavy atom. The van der Waals surface area contributed by atoms with E-state index in [4.69, 9.17) is 0 Å². The molecule has 174 valence electrons. The molecule has 0 aliphatic carbocycles. The van der Waals surface area contributed by atoms with E-state index in [0.29, 0.717) is 16.9 Å². The summed E-state index contributed by atoms with van der Waals surface area (Å²) in [7, 11) is -4.39. The molecule has 2 heterocycles. The van der Waals surface area contributed by atoms with Crippen molar-refractivity contribution in [3.63, 3.8) is 0 Å². The minimum absolute atomic E-state index is 0.0899. The Morgan fingerprint density at radius 3 is 2.32 bits per heavy atom. The fraction of sp³-hybridized carbons (Fsp3) is 0.136.